The van der Waals surface area contributed by atoms with E-state index in [-0.39, 0.29) is 57.8 Å². The second-order valence-electron chi connectivity index (χ2n) is 12.8. The number of aliphatic hydroxyl groups is 2. The van der Waals surface area contributed by atoms with Gasteiger partial charge in [0.2, 0.25) is 0 Å². The van der Waals surface area contributed by atoms with Crippen molar-refractivity contribution in [2.75, 3.05) is 0 Å². The topological polar surface area (TPSA) is 162 Å². The average Bonchev–Trinajstić information content (AvgIpc) is 2.95. The molecule has 4 aromatic carbocycles. The molecule has 8 nitrogen and oxygen atoms in total. The summed E-state index contributed by atoms with van der Waals surface area (Å²) in [7, 11) is 0. The third-order valence-electron chi connectivity index (χ3n) is 9.16. The lowest BCUT2D eigenvalue weighted by Crippen LogP contribution is -2.48. The maximum Gasteiger partial charge on any atom is 0.123 e. The van der Waals surface area contributed by atoms with Gasteiger partial charge in [-0.3, -0.25) is 0 Å². The van der Waals surface area contributed by atoms with Gasteiger partial charge in [-0.15, -0.1) is 0 Å². The Balaban J connectivity index is 1.82. The van der Waals surface area contributed by atoms with E-state index in [1.165, 1.54) is 24.3 Å². The lowest BCUT2D eigenvalue weighted by atomic mass is 9.58. The fourth-order valence-electron chi connectivity index (χ4n) is 6.62. The summed E-state index contributed by atoms with van der Waals surface area (Å²) in [6.45, 7) is 7.64. The van der Waals surface area contributed by atoms with Crippen molar-refractivity contribution >= 4 is 0 Å². The van der Waals surface area contributed by atoms with Crippen LogP contribution in [0.25, 0.3) is 0 Å². The first kappa shape index (κ1) is 31.3. The molecule has 0 bridgehead atoms. The first-order valence-corrected chi connectivity index (χ1v) is 14.6. The summed E-state index contributed by atoms with van der Waals surface area (Å²) < 4.78 is 0. The molecule has 1 aliphatic rings. The molecule has 0 radical (unpaired) electrons. The Morgan fingerprint density at radius 1 is 0.556 bits per heavy atom. The average molecular weight is 611 g/mol. The Bertz CT molecular complexity index is 1750. The summed E-state index contributed by atoms with van der Waals surface area (Å²) in [5, 5.41) is 87.3. The molecule has 8 N–H and O–H groups in total. The van der Waals surface area contributed by atoms with E-state index < -0.39 is 22.3 Å². The molecule has 0 aromatic heterocycles. The third kappa shape index (κ3) is 5.53. The highest BCUT2D eigenvalue weighted by Gasteiger charge is 2.52. The van der Waals surface area contributed by atoms with Gasteiger partial charge in [0.25, 0.3) is 0 Å². The first-order chi connectivity index (χ1) is 21.1. The molecule has 45 heavy (non-hydrogen) atoms. The molecule has 1 unspecified atom stereocenters. The van der Waals surface area contributed by atoms with Crippen LogP contribution in [0.3, 0.4) is 0 Å². The predicted molar refractivity (Wildman–Crippen MR) is 171 cm³/mol. The number of benzene rings is 4. The van der Waals surface area contributed by atoms with Gasteiger partial charge >= 0.3 is 0 Å². The van der Waals surface area contributed by atoms with E-state index in [0.29, 0.717) is 11.1 Å². The van der Waals surface area contributed by atoms with E-state index in [4.69, 9.17) is 0 Å². The fraction of sp³-hybridized carbons (Fsp3) is 0.243. The van der Waals surface area contributed by atoms with Crippen LogP contribution in [0, 0.1) is 0 Å². The van der Waals surface area contributed by atoms with Crippen LogP contribution in [0.2, 0.25) is 0 Å². The molecule has 0 amide bonds. The Morgan fingerprint density at radius 3 is 1.38 bits per heavy atom. The standard InChI is InChI=1S/C37H38O8/c1-35(2,21-5-9-23(38)10-6-21)29-19-33(36(3,4)22-7-11-24(39)12-8-22)37(45,20-32(29)44)34(27-15-13-25(40)17-30(27)42)28-16-14-26(41)18-31(28)43/h5-19,34,38-45H,20H2,1-4H3. The summed E-state index contributed by atoms with van der Waals surface area (Å²) in [5.41, 5.74) is -0.943. The van der Waals surface area contributed by atoms with Gasteiger partial charge in [0.05, 0.1) is 5.76 Å². The van der Waals surface area contributed by atoms with Gasteiger partial charge in [-0.25, -0.2) is 0 Å². The van der Waals surface area contributed by atoms with Gasteiger partial charge in [-0.05, 0) is 58.7 Å². The number of rotatable bonds is 7. The molecule has 4 aromatic rings. The predicted octanol–water partition coefficient (Wildman–Crippen LogP) is 6.88. The van der Waals surface area contributed by atoms with Crippen molar-refractivity contribution in [1.82, 2.24) is 0 Å². The monoisotopic (exact) mass is 610 g/mol. The van der Waals surface area contributed by atoms with Gasteiger partial charge in [0, 0.05) is 46.4 Å². The van der Waals surface area contributed by atoms with Gasteiger partial charge in [0.1, 0.15) is 40.1 Å². The van der Waals surface area contributed by atoms with Crippen LogP contribution in [-0.4, -0.2) is 46.5 Å². The molecule has 0 saturated heterocycles. The molecule has 0 spiro atoms. The van der Waals surface area contributed by atoms with Gasteiger partial charge in [0.15, 0.2) is 0 Å². The molecule has 1 aliphatic carbocycles. The van der Waals surface area contributed by atoms with E-state index in [1.807, 2.05) is 27.7 Å². The number of phenolic OH excluding ortho intramolecular Hbond substituents is 6. The highest BCUT2D eigenvalue weighted by Crippen LogP contribution is 2.56. The normalized spacial score (nSPS) is 17.4. The molecule has 0 saturated carbocycles. The number of hydrogen-bond donors (Lipinski definition) is 8. The smallest absolute Gasteiger partial charge is 0.123 e. The minimum absolute atomic E-state index is 0.0648. The molecular weight excluding hydrogens is 572 g/mol. The molecule has 5 rings (SSSR count). The number of hydrogen-bond acceptors (Lipinski definition) is 8. The van der Waals surface area contributed by atoms with Crippen LogP contribution in [0.5, 0.6) is 34.5 Å². The molecule has 8 heteroatoms. The summed E-state index contributed by atoms with van der Waals surface area (Å²) >= 11 is 0. The second kappa shape index (κ2) is 11.1. The van der Waals surface area contributed by atoms with Crippen molar-refractivity contribution in [2.45, 2.75) is 56.5 Å². The number of aliphatic hydroxyl groups excluding tert-OH is 1. The van der Waals surface area contributed by atoms with Crippen molar-refractivity contribution in [1.29, 1.82) is 0 Å². The zero-order valence-electron chi connectivity index (χ0n) is 25.5. The summed E-state index contributed by atoms with van der Waals surface area (Å²) in [6.07, 6.45) is 1.42. The van der Waals surface area contributed by atoms with Crippen molar-refractivity contribution in [3.8, 4) is 34.5 Å². The quantitative estimate of drug-likeness (QED) is 0.112. The summed E-state index contributed by atoms with van der Waals surface area (Å²) in [4.78, 5) is 0. The highest BCUT2D eigenvalue weighted by molar-refractivity contribution is 5.60. The largest absolute Gasteiger partial charge is 0.512 e. The zero-order valence-corrected chi connectivity index (χ0v) is 25.5. The van der Waals surface area contributed by atoms with Gasteiger partial charge in [-0.1, -0.05) is 70.2 Å². The molecule has 1 atom stereocenters. The van der Waals surface area contributed by atoms with E-state index >= 15 is 0 Å². The van der Waals surface area contributed by atoms with E-state index in [1.54, 1.807) is 54.6 Å². The lowest BCUT2D eigenvalue weighted by Gasteiger charge is -2.48. The minimum Gasteiger partial charge on any atom is -0.512 e. The van der Waals surface area contributed by atoms with Crippen molar-refractivity contribution in [3.63, 3.8) is 0 Å². The van der Waals surface area contributed by atoms with E-state index in [2.05, 4.69) is 0 Å². The maximum absolute atomic E-state index is 13.1. The highest BCUT2D eigenvalue weighted by atomic mass is 16.3. The SMILES string of the molecule is CC(C)(C1=CC(C(C)(C)c2ccc(O)cc2)=C(O)CC1(O)C(c1ccc(O)cc1O)c1ccc(O)cc1O)c1ccc(O)cc1. The van der Waals surface area contributed by atoms with Crippen LogP contribution in [0.4, 0.5) is 0 Å². The maximum atomic E-state index is 13.1. The number of aromatic hydroxyl groups is 6. The number of allylic oxidation sites excluding steroid dienone is 2. The van der Waals surface area contributed by atoms with Crippen molar-refractivity contribution < 1.29 is 40.9 Å². The third-order valence-corrected chi connectivity index (χ3v) is 9.16. The van der Waals surface area contributed by atoms with Crippen LogP contribution in [0.15, 0.2) is 108 Å². The van der Waals surface area contributed by atoms with Crippen LogP contribution in [0.1, 0.15) is 62.3 Å². The van der Waals surface area contributed by atoms with Crippen LogP contribution < -0.4 is 0 Å². The Kier molecular flexibility index (Phi) is 7.75. The second-order valence-corrected chi connectivity index (χ2v) is 12.8. The van der Waals surface area contributed by atoms with Crippen molar-refractivity contribution in [2.24, 2.45) is 0 Å². The molecule has 0 fully saturated rings. The summed E-state index contributed by atoms with van der Waals surface area (Å²) in [6, 6.07) is 21.1. The lowest BCUT2D eigenvalue weighted by molar-refractivity contribution is 0.0340. The van der Waals surface area contributed by atoms with Crippen molar-refractivity contribution in [3.05, 3.63) is 130 Å². The van der Waals surface area contributed by atoms with Crippen LogP contribution in [-0.2, 0) is 10.8 Å². The minimum atomic E-state index is -2.00. The Morgan fingerprint density at radius 2 is 0.956 bits per heavy atom. The van der Waals surface area contributed by atoms with E-state index in [9.17, 15) is 40.9 Å². The van der Waals surface area contributed by atoms with E-state index in [0.717, 1.165) is 23.3 Å². The first-order valence-electron chi connectivity index (χ1n) is 14.6. The molecular formula is C37H38O8. The van der Waals surface area contributed by atoms with Gasteiger partial charge < -0.3 is 40.9 Å². The molecule has 234 valence electrons. The number of phenols is 6. The Hall–Kier alpha value is -5.08. The summed E-state index contributed by atoms with van der Waals surface area (Å²) in [5.74, 6) is -2.27. The molecule has 0 heterocycles. The Labute approximate surface area is 261 Å². The zero-order chi connectivity index (χ0) is 32.9. The fourth-order valence-corrected chi connectivity index (χ4v) is 6.62. The molecule has 0 aliphatic heterocycles. The van der Waals surface area contributed by atoms with Crippen LogP contribution >= 0.6 is 0 Å². The van der Waals surface area contributed by atoms with Gasteiger partial charge in [-0.2, -0.15) is 0 Å².